The molecule has 0 heterocycles. The first-order chi connectivity index (χ1) is 6.15. The molecule has 0 aliphatic carbocycles. The Morgan fingerprint density at radius 2 is 1.69 bits per heavy atom. The summed E-state index contributed by atoms with van der Waals surface area (Å²) in [5.41, 5.74) is 0.456. The summed E-state index contributed by atoms with van der Waals surface area (Å²) in [6, 6.07) is 2.37. The third kappa shape index (κ3) is 2.26. The van der Waals surface area contributed by atoms with E-state index in [0.717, 1.165) is 6.07 Å². The lowest BCUT2D eigenvalue weighted by Crippen LogP contribution is -1.92. The maximum absolute atomic E-state index is 9.29. The topological polar surface area (TPSA) is 69.9 Å². The maximum Gasteiger partial charge on any atom is 0.161 e. The smallest absolute Gasteiger partial charge is 0.161 e. The van der Waals surface area contributed by atoms with E-state index >= 15 is 0 Å². The van der Waals surface area contributed by atoms with Gasteiger partial charge in [0.1, 0.15) is 5.75 Å². The van der Waals surface area contributed by atoms with Crippen LogP contribution in [0, 0.1) is 0 Å². The minimum Gasteiger partial charge on any atom is -0.507 e. The van der Waals surface area contributed by atoms with E-state index in [9.17, 15) is 5.11 Å². The summed E-state index contributed by atoms with van der Waals surface area (Å²) in [4.78, 5) is 0. The van der Waals surface area contributed by atoms with E-state index in [-0.39, 0.29) is 23.9 Å². The Kier molecular flexibility index (Phi) is 2.97. The van der Waals surface area contributed by atoms with E-state index in [4.69, 9.17) is 14.9 Å². The summed E-state index contributed by atoms with van der Waals surface area (Å²) >= 11 is 0. The van der Waals surface area contributed by atoms with Crippen molar-refractivity contribution in [3.63, 3.8) is 0 Å². The molecule has 1 aromatic rings. The molecule has 4 heteroatoms. The first-order valence-corrected chi connectivity index (χ1v) is 3.96. The van der Waals surface area contributed by atoms with Crippen LogP contribution >= 0.6 is 0 Å². The van der Waals surface area contributed by atoms with Gasteiger partial charge in [-0.3, -0.25) is 0 Å². The van der Waals surface area contributed by atoms with Gasteiger partial charge < -0.3 is 20.1 Å². The summed E-state index contributed by atoms with van der Waals surface area (Å²) < 4.78 is 5.04. The lowest BCUT2D eigenvalue weighted by molar-refractivity contribution is 0.132. The molecule has 0 saturated heterocycles. The second-order valence-corrected chi connectivity index (χ2v) is 2.61. The number of hydrogen-bond acceptors (Lipinski definition) is 4. The average molecular weight is 184 g/mol. The Labute approximate surface area is 76.0 Å². The Morgan fingerprint density at radius 3 is 2.31 bits per heavy atom. The molecule has 72 valence electrons. The van der Waals surface area contributed by atoms with Crippen molar-refractivity contribution in [2.75, 3.05) is 6.61 Å². The van der Waals surface area contributed by atoms with Crippen LogP contribution in [0.5, 0.6) is 17.2 Å². The minimum absolute atomic E-state index is 0.0799. The van der Waals surface area contributed by atoms with Crippen molar-refractivity contribution in [3.8, 4) is 17.2 Å². The Hall–Kier alpha value is -1.42. The van der Waals surface area contributed by atoms with Crippen LogP contribution in [0.15, 0.2) is 12.1 Å². The van der Waals surface area contributed by atoms with Crippen LogP contribution in [-0.4, -0.2) is 21.9 Å². The van der Waals surface area contributed by atoms with Crippen molar-refractivity contribution in [1.29, 1.82) is 0 Å². The predicted octanol–water partition coefficient (Wildman–Crippen LogP) is 1.34. The van der Waals surface area contributed by atoms with Crippen molar-refractivity contribution in [2.45, 2.75) is 13.5 Å². The second kappa shape index (κ2) is 4.00. The highest BCUT2D eigenvalue weighted by Gasteiger charge is 2.06. The first-order valence-electron chi connectivity index (χ1n) is 3.96. The highest BCUT2D eigenvalue weighted by Crippen LogP contribution is 2.32. The van der Waals surface area contributed by atoms with Crippen LogP contribution in [0.3, 0.4) is 0 Å². The van der Waals surface area contributed by atoms with Gasteiger partial charge in [-0.15, -0.1) is 0 Å². The summed E-state index contributed by atoms with van der Waals surface area (Å²) in [7, 11) is 0. The van der Waals surface area contributed by atoms with Gasteiger partial charge in [0.25, 0.3) is 0 Å². The molecule has 0 atom stereocenters. The predicted molar refractivity (Wildman–Crippen MR) is 46.8 cm³/mol. The van der Waals surface area contributed by atoms with Crippen LogP contribution in [0.2, 0.25) is 0 Å². The van der Waals surface area contributed by atoms with E-state index in [2.05, 4.69) is 0 Å². The fourth-order valence-electron chi connectivity index (χ4n) is 0.937. The highest BCUT2D eigenvalue weighted by atomic mass is 16.5. The van der Waals surface area contributed by atoms with Crippen molar-refractivity contribution in [3.05, 3.63) is 17.7 Å². The quantitative estimate of drug-likeness (QED) is 0.489. The first kappa shape index (κ1) is 9.67. The fraction of sp³-hybridized carbons (Fsp3) is 0.333. The molecule has 0 radical (unpaired) electrons. The van der Waals surface area contributed by atoms with Crippen LogP contribution in [0.4, 0.5) is 0 Å². The summed E-state index contributed by atoms with van der Waals surface area (Å²) in [5, 5.41) is 27.4. The van der Waals surface area contributed by atoms with E-state index in [1.165, 1.54) is 6.07 Å². The summed E-state index contributed by atoms with van der Waals surface area (Å²) in [5.74, 6) is -0.672. The highest BCUT2D eigenvalue weighted by molar-refractivity contribution is 5.48. The number of aromatic hydroxyl groups is 3. The molecule has 0 fully saturated rings. The van der Waals surface area contributed by atoms with Gasteiger partial charge in [0.05, 0.1) is 6.61 Å². The lowest BCUT2D eigenvalue weighted by atomic mass is 10.2. The molecule has 0 bridgehead atoms. The second-order valence-electron chi connectivity index (χ2n) is 2.61. The van der Waals surface area contributed by atoms with Gasteiger partial charge in [-0.05, 0) is 13.0 Å². The third-order valence-corrected chi connectivity index (χ3v) is 1.64. The van der Waals surface area contributed by atoms with Gasteiger partial charge >= 0.3 is 0 Å². The zero-order valence-corrected chi connectivity index (χ0v) is 7.32. The number of hydrogen-bond donors (Lipinski definition) is 3. The molecular weight excluding hydrogens is 172 g/mol. The molecule has 0 aliphatic heterocycles. The number of rotatable bonds is 3. The standard InChI is InChI=1S/C9H12O4/c1-2-13-5-6-3-8(11)9(12)4-7(6)10/h3-4,10-12H,2,5H2,1H3. The van der Waals surface area contributed by atoms with E-state index in [1.54, 1.807) is 0 Å². The molecule has 0 spiro atoms. The van der Waals surface area contributed by atoms with Gasteiger partial charge in [0.15, 0.2) is 11.5 Å². The molecule has 13 heavy (non-hydrogen) atoms. The monoisotopic (exact) mass is 184 g/mol. The number of phenols is 3. The van der Waals surface area contributed by atoms with Crippen molar-refractivity contribution < 1.29 is 20.1 Å². The largest absolute Gasteiger partial charge is 0.507 e. The Balaban J connectivity index is 2.88. The molecule has 1 aromatic carbocycles. The average Bonchev–Trinajstić information content (AvgIpc) is 2.09. The van der Waals surface area contributed by atoms with Crippen molar-refractivity contribution in [2.24, 2.45) is 0 Å². The van der Waals surface area contributed by atoms with E-state index < -0.39 is 0 Å². The summed E-state index contributed by atoms with van der Waals surface area (Å²) in [6.07, 6.45) is 0. The van der Waals surface area contributed by atoms with Crippen LogP contribution in [-0.2, 0) is 11.3 Å². The Bertz CT molecular complexity index is 296. The molecular formula is C9H12O4. The van der Waals surface area contributed by atoms with Crippen LogP contribution < -0.4 is 0 Å². The fourth-order valence-corrected chi connectivity index (χ4v) is 0.937. The maximum atomic E-state index is 9.29. The number of ether oxygens (including phenoxy) is 1. The molecule has 1 rings (SSSR count). The van der Waals surface area contributed by atoms with Crippen LogP contribution in [0.25, 0.3) is 0 Å². The molecule has 0 amide bonds. The molecule has 0 aromatic heterocycles. The molecule has 0 aliphatic rings. The molecule has 3 N–H and O–H groups in total. The zero-order chi connectivity index (χ0) is 9.84. The van der Waals surface area contributed by atoms with Gasteiger partial charge in [-0.25, -0.2) is 0 Å². The molecule has 0 saturated carbocycles. The number of benzene rings is 1. The normalized spacial score (nSPS) is 10.2. The van der Waals surface area contributed by atoms with Gasteiger partial charge in [-0.1, -0.05) is 0 Å². The van der Waals surface area contributed by atoms with Crippen molar-refractivity contribution in [1.82, 2.24) is 0 Å². The van der Waals surface area contributed by atoms with Gasteiger partial charge in [0, 0.05) is 18.2 Å². The van der Waals surface area contributed by atoms with Gasteiger partial charge in [-0.2, -0.15) is 0 Å². The molecule has 4 nitrogen and oxygen atoms in total. The number of phenolic OH excluding ortho intramolecular Hbond substituents is 3. The Morgan fingerprint density at radius 1 is 1.08 bits per heavy atom. The van der Waals surface area contributed by atoms with E-state index in [1.807, 2.05) is 6.92 Å². The third-order valence-electron chi connectivity index (χ3n) is 1.64. The molecule has 0 unspecified atom stereocenters. The van der Waals surface area contributed by atoms with Crippen LogP contribution in [0.1, 0.15) is 12.5 Å². The van der Waals surface area contributed by atoms with E-state index in [0.29, 0.717) is 12.2 Å². The summed E-state index contributed by atoms with van der Waals surface area (Å²) in [6.45, 7) is 2.58. The zero-order valence-electron chi connectivity index (χ0n) is 7.32. The minimum atomic E-state index is -0.335. The van der Waals surface area contributed by atoms with Gasteiger partial charge in [0.2, 0.25) is 0 Å². The van der Waals surface area contributed by atoms with Crippen molar-refractivity contribution >= 4 is 0 Å². The SMILES string of the molecule is CCOCc1cc(O)c(O)cc1O. The lowest BCUT2D eigenvalue weighted by Gasteiger charge is -2.06.